The maximum atomic E-state index is 12.9. The number of rotatable bonds is 9. The summed E-state index contributed by atoms with van der Waals surface area (Å²) < 4.78 is 7.82. The van der Waals surface area contributed by atoms with Gasteiger partial charge in [-0.25, -0.2) is 4.68 Å². The van der Waals surface area contributed by atoms with Gasteiger partial charge < -0.3 is 10.1 Å². The first-order valence-electron chi connectivity index (χ1n) is 13.0. The molecule has 40 heavy (non-hydrogen) atoms. The molecule has 0 atom stereocenters. The normalized spacial score (nSPS) is 11.1. The summed E-state index contributed by atoms with van der Waals surface area (Å²) in [5.74, 6) is 0.253. The lowest BCUT2D eigenvalue weighted by Gasteiger charge is -2.08. The van der Waals surface area contributed by atoms with Crippen LogP contribution in [0.25, 0.3) is 23.0 Å². The summed E-state index contributed by atoms with van der Waals surface area (Å²) in [6, 6.07) is 37.2. The number of nitrogens with zero attached hydrogens (tertiary/aromatic N) is 3. The van der Waals surface area contributed by atoms with E-state index < -0.39 is 5.91 Å². The molecule has 1 aromatic heterocycles. The molecule has 0 saturated carbocycles. The standard InChI is InChI=1S/C34H28N4O2/c1-25-15-17-27(18-16-25)24-40-32-14-8-11-28(20-32)33-30(23-38(37-33)31-12-6-3-7-13-31)19-29(21-35)34(39)36-22-26-9-4-2-5-10-26/h2-20,23H,22,24H2,1H3,(H,36,39)/b29-19-. The molecule has 1 amide bonds. The summed E-state index contributed by atoms with van der Waals surface area (Å²) in [4.78, 5) is 12.9. The summed E-state index contributed by atoms with van der Waals surface area (Å²) in [7, 11) is 0. The van der Waals surface area contributed by atoms with Gasteiger partial charge in [0.1, 0.15) is 29.7 Å². The minimum atomic E-state index is -0.444. The van der Waals surface area contributed by atoms with Crippen molar-refractivity contribution in [3.8, 4) is 28.8 Å². The fraction of sp³-hybridized carbons (Fsp3) is 0.0882. The van der Waals surface area contributed by atoms with Gasteiger partial charge in [0.2, 0.25) is 0 Å². The van der Waals surface area contributed by atoms with E-state index in [4.69, 9.17) is 9.84 Å². The predicted molar refractivity (Wildman–Crippen MR) is 156 cm³/mol. The highest BCUT2D eigenvalue weighted by molar-refractivity contribution is 6.02. The van der Waals surface area contributed by atoms with Crippen LogP contribution in [0.5, 0.6) is 5.75 Å². The number of nitrogens with one attached hydrogen (secondary N) is 1. The fourth-order valence-electron chi connectivity index (χ4n) is 4.19. The van der Waals surface area contributed by atoms with Crippen LogP contribution in [0.4, 0.5) is 0 Å². The van der Waals surface area contributed by atoms with Crippen LogP contribution in [0.1, 0.15) is 22.3 Å². The number of hydrogen-bond donors (Lipinski definition) is 1. The lowest BCUT2D eigenvalue weighted by atomic mass is 10.1. The first-order chi connectivity index (χ1) is 19.6. The highest BCUT2D eigenvalue weighted by Gasteiger charge is 2.16. The molecule has 4 aromatic carbocycles. The number of benzene rings is 4. The van der Waals surface area contributed by atoms with Crippen LogP contribution in [-0.4, -0.2) is 15.7 Å². The Bertz CT molecular complexity index is 1670. The van der Waals surface area contributed by atoms with Crippen LogP contribution in [0, 0.1) is 18.3 Å². The van der Waals surface area contributed by atoms with Gasteiger partial charge in [0.05, 0.1) is 5.69 Å². The Kier molecular flexibility index (Phi) is 8.14. The smallest absolute Gasteiger partial charge is 0.262 e. The SMILES string of the molecule is Cc1ccc(COc2cccc(-c3nn(-c4ccccc4)cc3/C=C(/C#N)C(=O)NCc3ccccc3)c2)cc1. The van der Waals surface area contributed by atoms with Gasteiger partial charge in [-0.2, -0.15) is 10.4 Å². The van der Waals surface area contributed by atoms with Crippen LogP contribution in [0.3, 0.4) is 0 Å². The van der Waals surface area contributed by atoms with E-state index in [1.165, 1.54) is 5.56 Å². The van der Waals surface area contributed by atoms with Crippen LogP contribution in [-0.2, 0) is 17.9 Å². The molecule has 0 fully saturated rings. The summed E-state index contributed by atoms with van der Waals surface area (Å²) in [5, 5.41) is 17.5. The molecular formula is C34H28N4O2. The largest absolute Gasteiger partial charge is 0.489 e. The summed E-state index contributed by atoms with van der Waals surface area (Å²) in [6.45, 7) is 2.82. The first kappa shape index (κ1) is 26.2. The highest BCUT2D eigenvalue weighted by Crippen LogP contribution is 2.29. The lowest BCUT2D eigenvalue weighted by Crippen LogP contribution is -2.23. The molecule has 1 heterocycles. The number of carbonyl (C=O) groups is 1. The Hall–Kier alpha value is -5.41. The Morgan fingerprint density at radius 1 is 0.925 bits per heavy atom. The molecule has 0 saturated heterocycles. The summed E-state index contributed by atoms with van der Waals surface area (Å²) in [5.41, 5.74) is 6.18. The van der Waals surface area contributed by atoms with Crippen molar-refractivity contribution in [1.29, 1.82) is 5.26 Å². The first-order valence-corrected chi connectivity index (χ1v) is 13.0. The molecule has 0 aliphatic heterocycles. The molecular weight excluding hydrogens is 496 g/mol. The maximum absolute atomic E-state index is 12.9. The van der Waals surface area contributed by atoms with E-state index in [-0.39, 0.29) is 5.57 Å². The fourth-order valence-corrected chi connectivity index (χ4v) is 4.19. The minimum Gasteiger partial charge on any atom is -0.489 e. The molecule has 5 rings (SSSR count). The second-order valence-corrected chi connectivity index (χ2v) is 9.35. The molecule has 0 aliphatic rings. The molecule has 196 valence electrons. The topological polar surface area (TPSA) is 79.9 Å². The van der Waals surface area contributed by atoms with Crippen LogP contribution < -0.4 is 10.1 Å². The summed E-state index contributed by atoms with van der Waals surface area (Å²) >= 11 is 0. The van der Waals surface area contributed by atoms with Crippen molar-refractivity contribution in [1.82, 2.24) is 15.1 Å². The quantitative estimate of drug-likeness (QED) is 0.173. The molecule has 0 bridgehead atoms. The van der Waals surface area contributed by atoms with Crippen molar-refractivity contribution in [2.45, 2.75) is 20.1 Å². The third kappa shape index (κ3) is 6.53. The van der Waals surface area contributed by atoms with Crippen molar-refractivity contribution >= 4 is 12.0 Å². The van der Waals surface area contributed by atoms with Gasteiger partial charge in [-0.3, -0.25) is 4.79 Å². The van der Waals surface area contributed by atoms with Crippen LogP contribution in [0.15, 0.2) is 121 Å². The van der Waals surface area contributed by atoms with E-state index in [2.05, 4.69) is 42.6 Å². The Labute approximate surface area is 233 Å². The van der Waals surface area contributed by atoms with Crippen molar-refractivity contribution in [3.63, 3.8) is 0 Å². The zero-order valence-corrected chi connectivity index (χ0v) is 22.1. The third-order valence-electron chi connectivity index (χ3n) is 6.36. The number of amides is 1. The van der Waals surface area contributed by atoms with Gasteiger partial charge in [0, 0.05) is 23.9 Å². The molecule has 5 aromatic rings. The van der Waals surface area contributed by atoms with Gasteiger partial charge in [0.25, 0.3) is 5.91 Å². The Balaban J connectivity index is 1.45. The minimum absolute atomic E-state index is 0.00318. The highest BCUT2D eigenvalue weighted by atomic mass is 16.5. The lowest BCUT2D eigenvalue weighted by molar-refractivity contribution is -0.117. The van der Waals surface area contributed by atoms with Crippen molar-refractivity contribution in [2.24, 2.45) is 0 Å². The zero-order chi connectivity index (χ0) is 27.7. The average Bonchev–Trinajstić information content (AvgIpc) is 3.43. The van der Waals surface area contributed by atoms with E-state index in [0.717, 1.165) is 22.4 Å². The van der Waals surface area contributed by atoms with Crippen LogP contribution >= 0.6 is 0 Å². The van der Waals surface area contributed by atoms with Crippen molar-refractivity contribution < 1.29 is 9.53 Å². The molecule has 6 heteroatoms. The monoisotopic (exact) mass is 524 g/mol. The molecule has 6 nitrogen and oxygen atoms in total. The molecule has 0 radical (unpaired) electrons. The average molecular weight is 525 g/mol. The van der Waals surface area contributed by atoms with Gasteiger partial charge in [-0.1, -0.05) is 90.5 Å². The van der Waals surface area contributed by atoms with E-state index in [1.807, 2.05) is 91.1 Å². The van der Waals surface area contributed by atoms with Gasteiger partial charge in [-0.15, -0.1) is 0 Å². The Morgan fingerprint density at radius 3 is 2.38 bits per heavy atom. The molecule has 0 unspecified atom stereocenters. The second-order valence-electron chi connectivity index (χ2n) is 9.35. The molecule has 1 N–H and O–H groups in total. The van der Waals surface area contributed by atoms with E-state index >= 15 is 0 Å². The van der Waals surface area contributed by atoms with Crippen molar-refractivity contribution in [2.75, 3.05) is 0 Å². The molecule has 0 aliphatic carbocycles. The van der Waals surface area contributed by atoms with E-state index in [9.17, 15) is 10.1 Å². The third-order valence-corrected chi connectivity index (χ3v) is 6.36. The maximum Gasteiger partial charge on any atom is 0.262 e. The van der Waals surface area contributed by atoms with Gasteiger partial charge in [-0.05, 0) is 48.4 Å². The summed E-state index contributed by atoms with van der Waals surface area (Å²) in [6.07, 6.45) is 3.41. The number of hydrogen-bond acceptors (Lipinski definition) is 4. The number of nitriles is 1. The number of para-hydroxylation sites is 1. The number of aromatic nitrogens is 2. The van der Waals surface area contributed by atoms with E-state index in [0.29, 0.717) is 30.2 Å². The van der Waals surface area contributed by atoms with Crippen molar-refractivity contribution in [3.05, 3.63) is 143 Å². The van der Waals surface area contributed by atoms with Gasteiger partial charge >= 0.3 is 0 Å². The van der Waals surface area contributed by atoms with Crippen LogP contribution in [0.2, 0.25) is 0 Å². The predicted octanol–water partition coefficient (Wildman–Crippen LogP) is 6.65. The zero-order valence-electron chi connectivity index (χ0n) is 22.1. The van der Waals surface area contributed by atoms with E-state index in [1.54, 1.807) is 10.8 Å². The van der Waals surface area contributed by atoms with Gasteiger partial charge in [0.15, 0.2) is 0 Å². The second kappa shape index (κ2) is 12.4. The number of carbonyl (C=O) groups excluding carboxylic acids is 1. The number of ether oxygens (including phenoxy) is 1. The Morgan fingerprint density at radius 2 is 1.65 bits per heavy atom. The number of aryl methyl sites for hydroxylation is 1. The molecule has 0 spiro atoms.